The summed E-state index contributed by atoms with van der Waals surface area (Å²) in [6.07, 6.45) is 8.33. The molecule has 0 bridgehead atoms. The van der Waals surface area contributed by atoms with Gasteiger partial charge in [0, 0.05) is 32.4 Å². The summed E-state index contributed by atoms with van der Waals surface area (Å²) in [7, 11) is 0. The molecule has 0 saturated heterocycles. The maximum absolute atomic E-state index is 11.6. The van der Waals surface area contributed by atoms with Crippen LogP contribution in [-0.4, -0.2) is 56.6 Å². The van der Waals surface area contributed by atoms with Crippen LogP contribution >= 0.6 is 0 Å². The standard InChI is InChI=1S/C18H32N4O4/c1-3-5-9-16(23)22-12-14-26-13-10-17(24)21-11-7-6-8-15(18(19)25)20-4-2/h1,15,20H,4-14H2,2H3,(H2,19,25)(H,21,24)(H,22,23). The Morgan fingerprint density at radius 2 is 1.77 bits per heavy atom. The zero-order chi connectivity index (χ0) is 19.6. The number of hydrogen-bond donors (Lipinski definition) is 4. The van der Waals surface area contributed by atoms with Gasteiger partial charge in [-0.05, 0) is 25.8 Å². The first-order valence-electron chi connectivity index (χ1n) is 9.08. The molecule has 148 valence electrons. The molecule has 0 radical (unpaired) electrons. The zero-order valence-electron chi connectivity index (χ0n) is 15.6. The molecule has 0 heterocycles. The average molecular weight is 368 g/mol. The molecule has 5 N–H and O–H groups in total. The highest BCUT2D eigenvalue weighted by molar-refractivity contribution is 5.79. The van der Waals surface area contributed by atoms with Gasteiger partial charge in [-0.2, -0.15) is 0 Å². The molecule has 0 spiro atoms. The van der Waals surface area contributed by atoms with Crippen LogP contribution in [-0.2, 0) is 19.1 Å². The number of primary amides is 1. The van der Waals surface area contributed by atoms with Crippen molar-refractivity contribution in [1.29, 1.82) is 0 Å². The fraction of sp³-hybridized carbons (Fsp3) is 0.722. The molecule has 0 aromatic rings. The lowest BCUT2D eigenvalue weighted by Gasteiger charge is -2.13. The molecule has 0 aliphatic carbocycles. The van der Waals surface area contributed by atoms with Crippen LogP contribution < -0.4 is 21.7 Å². The molecule has 1 unspecified atom stereocenters. The maximum atomic E-state index is 11.6. The fourth-order valence-electron chi connectivity index (χ4n) is 2.18. The van der Waals surface area contributed by atoms with Gasteiger partial charge in [0.1, 0.15) is 0 Å². The molecule has 0 fully saturated rings. The van der Waals surface area contributed by atoms with E-state index in [1.54, 1.807) is 0 Å². The Morgan fingerprint density at radius 1 is 1.08 bits per heavy atom. The third-order valence-corrected chi connectivity index (χ3v) is 3.57. The molecular weight excluding hydrogens is 336 g/mol. The molecule has 1 atom stereocenters. The van der Waals surface area contributed by atoms with E-state index >= 15 is 0 Å². The van der Waals surface area contributed by atoms with Gasteiger partial charge in [0.2, 0.25) is 17.7 Å². The Kier molecular flexibility index (Phi) is 15.0. The van der Waals surface area contributed by atoms with Crippen molar-refractivity contribution in [2.24, 2.45) is 5.73 Å². The van der Waals surface area contributed by atoms with Crippen LogP contribution in [0.5, 0.6) is 0 Å². The van der Waals surface area contributed by atoms with Crippen molar-refractivity contribution < 1.29 is 19.1 Å². The first-order chi connectivity index (χ1) is 12.5. The maximum Gasteiger partial charge on any atom is 0.234 e. The Labute approximate surface area is 156 Å². The van der Waals surface area contributed by atoms with Crippen LogP contribution in [0.3, 0.4) is 0 Å². The van der Waals surface area contributed by atoms with Gasteiger partial charge >= 0.3 is 0 Å². The number of likely N-dealkylation sites (N-methyl/N-ethyl adjacent to an activating group) is 1. The third-order valence-electron chi connectivity index (χ3n) is 3.57. The van der Waals surface area contributed by atoms with Crippen LogP contribution in [0.15, 0.2) is 0 Å². The normalized spacial score (nSPS) is 11.4. The van der Waals surface area contributed by atoms with Crippen molar-refractivity contribution in [1.82, 2.24) is 16.0 Å². The van der Waals surface area contributed by atoms with Gasteiger partial charge in [0.05, 0.1) is 19.3 Å². The molecule has 0 aliphatic heterocycles. The van der Waals surface area contributed by atoms with Crippen molar-refractivity contribution in [2.75, 3.05) is 32.8 Å². The highest BCUT2D eigenvalue weighted by Gasteiger charge is 2.12. The van der Waals surface area contributed by atoms with Crippen molar-refractivity contribution >= 4 is 17.7 Å². The molecular formula is C18H32N4O4. The van der Waals surface area contributed by atoms with E-state index in [1.807, 2.05) is 6.92 Å². The smallest absolute Gasteiger partial charge is 0.234 e. The predicted octanol–water partition coefficient (Wildman–Crippen LogP) is -0.327. The number of amides is 3. The van der Waals surface area contributed by atoms with Gasteiger partial charge in [-0.15, -0.1) is 12.3 Å². The lowest BCUT2D eigenvalue weighted by molar-refractivity contribution is -0.123. The van der Waals surface area contributed by atoms with Crippen LogP contribution in [0.2, 0.25) is 0 Å². The second-order valence-electron chi connectivity index (χ2n) is 5.77. The van der Waals surface area contributed by atoms with Gasteiger partial charge < -0.3 is 26.4 Å². The minimum atomic E-state index is -0.347. The first kappa shape index (κ1) is 23.9. The van der Waals surface area contributed by atoms with Gasteiger partial charge in [0.15, 0.2) is 0 Å². The highest BCUT2D eigenvalue weighted by atomic mass is 16.5. The molecule has 0 aromatic heterocycles. The van der Waals surface area contributed by atoms with E-state index in [1.165, 1.54) is 0 Å². The second kappa shape index (κ2) is 16.4. The van der Waals surface area contributed by atoms with Crippen molar-refractivity contribution in [3.63, 3.8) is 0 Å². The number of nitrogens with one attached hydrogen (secondary N) is 3. The molecule has 0 rings (SSSR count). The van der Waals surface area contributed by atoms with Gasteiger partial charge in [-0.1, -0.05) is 6.92 Å². The molecule has 0 saturated carbocycles. The number of nitrogens with two attached hydrogens (primary N) is 1. The highest BCUT2D eigenvalue weighted by Crippen LogP contribution is 2.00. The van der Waals surface area contributed by atoms with Crippen LogP contribution in [0.25, 0.3) is 0 Å². The van der Waals surface area contributed by atoms with Gasteiger partial charge in [-0.25, -0.2) is 0 Å². The second-order valence-corrected chi connectivity index (χ2v) is 5.77. The fourth-order valence-corrected chi connectivity index (χ4v) is 2.18. The summed E-state index contributed by atoms with van der Waals surface area (Å²) in [5.74, 6) is 1.87. The van der Waals surface area contributed by atoms with Crippen LogP contribution in [0, 0.1) is 12.3 Å². The SMILES string of the molecule is C#CCCC(=O)NCCOCCC(=O)NCCCCC(NCC)C(N)=O. The van der Waals surface area contributed by atoms with Crippen molar-refractivity contribution in [3.8, 4) is 12.3 Å². The summed E-state index contributed by atoms with van der Waals surface area (Å²) < 4.78 is 5.30. The van der Waals surface area contributed by atoms with E-state index in [9.17, 15) is 14.4 Å². The number of carbonyl (C=O) groups is 3. The number of ether oxygens (including phenoxy) is 1. The van der Waals surface area contributed by atoms with E-state index in [0.717, 1.165) is 12.8 Å². The number of carbonyl (C=O) groups excluding carboxylic acids is 3. The quantitative estimate of drug-likeness (QED) is 0.220. The molecule has 0 aromatic carbocycles. The van der Waals surface area contributed by atoms with E-state index < -0.39 is 0 Å². The lowest BCUT2D eigenvalue weighted by atomic mass is 10.1. The molecule has 3 amide bonds. The molecule has 26 heavy (non-hydrogen) atoms. The number of terminal acetylenes is 1. The summed E-state index contributed by atoms with van der Waals surface area (Å²) in [5, 5.41) is 8.52. The molecule has 0 aliphatic rings. The van der Waals surface area contributed by atoms with Gasteiger partial charge in [-0.3, -0.25) is 14.4 Å². The predicted molar refractivity (Wildman–Crippen MR) is 100 cm³/mol. The lowest BCUT2D eigenvalue weighted by Crippen LogP contribution is -2.41. The van der Waals surface area contributed by atoms with Crippen LogP contribution in [0.4, 0.5) is 0 Å². The zero-order valence-corrected chi connectivity index (χ0v) is 15.6. The van der Waals surface area contributed by atoms with E-state index in [0.29, 0.717) is 52.1 Å². The summed E-state index contributed by atoms with van der Waals surface area (Å²) in [4.78, 5) is 34.1. The van der Waals surface area contributed by atoms with Crippen molar-refractivity contribution in [2.45, 2.75) is 51.5 Å². The molecule has 8 heteroatoms. The van der Waals surface area contributed by atoms with Gasteiger partial charge in [0.25, 0.3) is 0 Å². The van der Waals surface area contributed by atoms with Crippen molar-refractivity contribution in [3.05, 3.63) is 0 Å². The monoisotopic (exact) mass is 368 g/mol. The number of rotatable bonds is 16. The van der Waals surface area contributed by atoms with E-state index in [2.05, 4.69) is 21.9 Å². The average Bonchev–Trinajstić information content (AvgIpc) is 2.61. The Balaban J connectivity index is 3.51. The van der Waals surface area contributed by atoms with E-state index in [4.69, 9.17) is 16.9 Å². The minimum absolute atomic E-state index is 0.0822. The first-order valence-corrected chi connectivity index (χ1v) is 9.08. The Hall–Kier alpha value is -2.11. The summed E-state index contributed by atoms with van der Waals surface area (Å²) >= 11 is 0. The molecule has 8 nitrogen and oxygen atoms in total. The summed E-state index contributed by atoms with van der Waals surface area (Å²) in [6.45, 7) is 4.23. The third kappa shape index (κ3) is 14.3. The largest absolute Gasteiger partial charge is 0.379 e. The van der Waals surface area contributed by atoms with E-state index in [-0.39, 0.29) is 30.2 Å². The topological polar surface area (TPSA) is 123 Å². The van der Waals surface area contributed by atoms with Crippen LogP contribution in [0.1, 0.15) is 45.4 Å². The Bertz CT molecular complexity index is 463. The number of hydrogen-bond acceptors (Lipinski definition) is 5. The summed E-state index contributed by atoms with van der Waals surface area (Å²) in [6, 6.07) is -0.309. The number of unbranched alkanes of at least 4 members (excludes halogenated alkanes) is 1. The summed E-state index contributed by atoms with van der Waals surface area (Å²) in [5.41, 5.74) is 5.30. The minimum Gasteiger partial charge on any atom is -0.379 e. The Morgan fingerprint density at radius 3 is 2.42 bits per heavy atom.